The lowest BCUT2D eigenvalue weighted by Crippen LogP contribution is -2.93. The molecule has 5 heteroatoms. The van der Waals surface area contributed by atoms with Gasteiger partial charge in [-0.05, 0) is 125 Å². The second kappa shape index (κ2) is 17.2. The predicted octanol–water partition coefficient (Wildman–Crippen LogP) is 12.2. The standard InChI is InChI=1S/C70H48N2OSi2/c1-4-24-51(25-5-1)72-60-33-13-12-31-58(60)70-57(32-21-35-61(70)72)50-42-44-52(45-43-50)71(59-34-20-23-49-22-10-11-30-56(49)59)53-46-47-63-69(48-53)75(64-37-15-14-36-62(64)73-63)67-40-18-16-38-65(67)74(54-26-6-2-7-27-54,55-28-8-3-9-29-55)66-39-17-19-41-68(66)75/h1-48H. The van der Waals surface area contributed by atoms with Crippen LogP contribution in [0.4, 0.5) is 17.1 Å². The van der Waals surface area contributed by atoms with Crippen LogP contribution in [-0.2, 0) is 0 Å². The van der Waals surface area contributed by atoms with E-state index >= 15 is 0 Å². The van der Waals surface area contributed by atoms with E-state index in [1.807, 2.05) is 0 Å². The van der Waals surface area contributed by atoms with Crippen LogP contribution in [0.1, 0.15) is 0 Å². The lowest BCUT2D eigenvalue weighted by Gasteiger charge is -2.50. The Morgan fingerprint density at radius 3 is 1.53 bits per heavy atom. The zero-order valence-corrected chi connectivity index (χ0v) is 43.0. The number of anilines is 3. The summed E-state index contributed by atoms with van der Waals surface area (Å²) in [6.45, 7) is 0. The summed E-state index contributed by atoms with van der Waals surface area (Å²) in [6.07, 6.45) is 0. The van der Waals surface area contributed by atoms with Gasteiger partial charge in [-0.1, -0.05) is 224 Å². The number of benzene rings is 12. The molecule has 0 saturated heterocycles. The normalized spacial score (nSPS) is 13.7. The molecule has 352 valence electrons. The minimum absolute atomic E-state index is 0.915. The molecular formula is C70H48N2OSi2. The van der Waals surface area contributed by atoms with Crippen molar-refractivity contribution in [3.63, 3.8) is 0 Å². The number of nitrogens with zero attached hydrogens (tertiary/aromatic N) is 2. The zero-order chi connectivity index (χ0) is 49.5. The van der Waals surface area contributed by atoms with Crippen LogP contribution in [0.25, 0.3) is 49.4 Å². The highest BCUT2D eigenvalue weighted by atomic mass is 28.3. The monoisotopic (exact) mass is 988 g/mol. The summed E-state index contributed by atoms with van der Waals surface area (Å²) in [5.41, 5.74) is 9.18. The highest BCUT2D eigenvalue weighted by Crippen LogP contribution is 2.43. The third-order valence-electron chi connectivity index (χ3n) is 16.2. The summed E-state index contributed by atoms with van der Waals surface area (Å²) in [5, 5.41) is 15.9. The Morgan fingerprint density at radius 1 is 0.333 bits per heavy atom. The van der Waals surface area contributed by atoms with Gasteiger partial charge in [-0.2, -0.15) is 0 Å². The van der Waals surface area contributed by atoms with E-state index in [1.165, 1.54) is 85.2 Å². The molecule has 0 atom stereocenters. The van der Waals surface area contributed by atoms with Crippen LogP contribution in [0.3, 0.4) is 0 Å². The number of hydrogen-bond acceptors (Lipinski definition) is 2. The summed E-state index contributed by atoms with van der Waals surface area (Å²) in [4.78, 5) is 2.48. The van der Waals surface area contributed by atoms with Gasteiger partial charge in [0.15, 0.2) is 16.1 Å². The van der Waals surface area contributed by atoms with Crippen molar-refractivity contribution in [3.05, 3.63) is 291 Å². The summed E-state index contributed by atoms with van der Waals surface area (Å²) in [5.74, 6) is 1.85. The number of fused-ring (bicyclic) bond motifs is 12. The minimum atomic E-state index is -3.18. The molecule has 0 fully saturated rings. The molecule has 3 heterocycles. The van der Waals surface area contributed by atoms with E-state index in [0.717, 1.165) is 34.2 Å². The fraction of sp³-hybridized carbons (Fsp3) is 0. The van der Waals surface area contributed by atoms with Crippen LogP contribution < -0.4 is 51.1 Å². The molecule has 15 rings (SSSR count). The molecular weight excluding hydrogens is 941 g/mol. The molecule has 2 aliphatic heterocycles. The van der Waals surface area contributed by atoms with Gasteiger partial charge in [0.25, 0.3) is 0 Å². The summed E-state index contributed by atoms with van der Waals surface area (Å²) >= 11 is 0. The van der Waals surface area contributed by atoms with E-state index < -0.39 is 16.1 Å². The van der Waals surface area contributed by atoms with E-state index in [1.54, 1.807) is 0 Å². The van der Waals surface area contributed by atoms with Crippen molar-refractivity contribution in [2.75, 3.05) is 4.90 Å². The first-order chi connectivity index (χ1) is 37.2. The van der Waals surface area contributed by atoms with Gasteiger partial charge in [0.05, 0.1) is 16.7 Å². The van der Waals surface area contributed by atoms with Gasteiger partial charge in [-0.15, -0.1) is 0 Å². The summed E-state index contributed by atoms with van der Waals surface area (Å²) in [7, 11) is -6.08. The molecule has 13 aromatic rings. The molecule has 75 heavy (non-hydrogen) atoms. The number of para-hydroxylation sites is 3. The minimum Gasteiger partial charge on any atom is -0.458 e. The Morgan fingerprint density at radius 2 is 0.840 bits per heavy atom. The molecule has 0 unspecified atom stereocenters. The van der Waals surface area contributed by atoms with Crippen molar-refractivity contribution >= 4 is 107 Å². The maximum Gasteiger partial charge on any atom is 0.188 e. The van der Waals surface area contributed by atoms with Crippen molar-refractivity contribution in [2.45, 2.75) is 0 Å². The molecule has 0 radical (unpaired) electrons. The van der Waals surface area contributed by atoms with Gasteiger partial charge in [0.2, 0.25) is 0 Å². The van der Waals surface area contributed by atoms with Crippen LogP contribution in [0.15, 0.2) is 291 Å². The Kier molecular flexibility index (Phi) is 9.92. The van der Waals surface area contributed by atoms with E-state index in [9.17, 15) is 0 Å². The van der Waals surface area contributed by atoms with Crippen molar-refractivity contribution in [1.29, 1.82) is 0 Å². The van der Waals surface area contributed by atoms with Crippen LogP contribution in [0.5, 0.6) is 11.5 Å². The zero-order valence-electron chi connectivity index (χ0n) is 41.0. The highest BCUT2D eigenvalue weighted by molar-refractivity contribution is 7.33. The van der Waals surface area contributed by atoms with Crippen molar-refractivity contribution in [3.8, 4) is 28.3 Å². The molecule has 3 nitrogen and oxygen atoms in total. The molecule has 0 bridgehead atoms. The molecule has 1 spiro atoms. The predicted molar refractivity (Wildman–Crippen MR) is 319 cm³/mol. The molecule has 2 aliphatic rings. The smallest absolute Gasteiger partial charge is 0.188 e. The second-order valence-corrected chi connectivity index (χ2v) is 27.3. The van der Waals surface area contributed by atoms with Gasteiger partial charge in [-0.3, -0.25) is 0 Å². The Balaban J connectivity index is 0.971. The SMILES string of the molecule is c1ccc(-n2c3ccccc3c3c(-c4ccc(N(c5ccc6c(c5)[Si]5(c7ccccc7O6)c6ccccc6[Si](c6ccccc6)(c6ccccc6)c6ccccc65)c5cccc6ccccc56)cc4)cccc32)cc1. The summed E-state index contributed by atoms with van der Waals surface area (Å²) < 4.78 is 9.56. The number of ether oxygens (including phenoxy) is 1. The third kappa shape index (κ3) is 6.32. The van der Waals surface area contributed by atoms with E-state index in [2.05, 4.69) is 301 Å². The first-order valence-corrected chi connectivity index (χ1v) is 29.9. The second-order valence-electron chi connectivity index (χ2n) is 19.9. The summed E-state index contributed by atoms with van der Waals surface area (Å²) in [6, 6.07) is 109. The van der Waals surface area contributed by atoms with E-state index in [-0.39, 0.29) is 0 Å². The molecule has 12 aromatic carbocycles. The van der Waals surface area contributed by atoms with Gasteiger partial charge in [0, 0.05) is 33.2 Å². The van der Waals surface area contributed by atoms with Gasteiger partial charge < -0.3 is 14.2 Å². The highest BCUT2D eigenvalue weighted by Gasteiger charge is 2.59. The van der Waals surface area contributed by atoms with Crippen molar-refractivity contribution < 1.29 is 4.74 Å². The molecule has 1 aromatic heterocycles. The molecule has 0 aliphatic carbocycles. The lowest BCUT2D eigenvalue weighted by atomic mass is 9.99. The van der Waals surface area contributed by atoms with Gasteiger partial charge >= 0.3 is 0 Å². The topological polar surface area (TPSA) is 17.4 Å². The van der Waals surface area contributed by atoms with Gasteiger partial charge in [0.1, 0.15) is 11.5 Å². The quantitative estimate of drug-likeness (QED) is 0.148. The van der Waals surface area contributed by atoms with Crippen LogP contribution >= 0.6 is 0 Å². The fourth-order valence-electron chi connectivity index (χ4n) is 13.2. The fourth-order valence-corrected chi connectivity index (χ4v) is 25.5. The molecule has 0 amide bonds. The van der Waals surface area contributed by atoms with E-state index in [0.29, 0.717) is 0 Å². The largest absolute Gasteiger partial charge is 0.458 e. The van der Waals surface area contributed by atoms with Crippen LogP contribution in [-0.4, -0.2) is 20.7 Å². The Bertz CT molecular complexity index is 4250. The number of aromatic nitrogens is 1. The van der Waals surface area contributed by atoms with Crippen molar-refractivity contribution in [1.82, 2.24) is 4.57 Å². The first-order valence-electron chi connectivity index (χ1n) is 25.9. The van der Waals surface area contributed by atoms with Crippen LogP contribution in [0, 0.1) is 0 Å². The van der Waals surface area contributed by atoms with Crippen molar-refractivity contribution in [2.24, 2.45) is 0 Å². The van der Waals surface area contributed by atoms with E-state index in [4.69, 9.17) is 4.74 Å². The maximum absolute atomic E-state index is 7.16. The number of rotatable bonds is 7. The molecule has 0 N–H and O–H groups in total. The maximum atomic E-state index is 7.16. The lowest BCUT2D eigenvalue weighted by molar-refractivity contribution is 0.487. The first kappa shape index (κ1) is 43.3. The third-order valence-corrected chi connectivity index (χ3v) is 26.5. The Labute approximate surface area is 438 Å². The Hall–Kier alpha value is -9.27. The van der Waals surface area contributed by atoms with Crippen LogP contribution in [0.2, 0.25) is 0 Å². The number of hydrogen-bond donors (Lipinski definition) is 0. The van der Waals surface area contributed by atoms with Gasteiger partial charge in [-0.25, -0.2) is 0 Å². The molecule has 0 saturated carbocycles. The average Bonchev–Trinajstić information content (AvgIpc) is 4.03. The average molecular weight is 989 g/mol.